The third-order valence-corrected chi connectivity index (χ3v) is 6.08. The smallest absolute Gasteiger partial charge is 0.154 e. The Kier molecular flexibility index (Phi) is 9.05. The third-order valence-electron chi connectivity index (χ3n) is 6.08. The molecule has 1 aromatic carbocycles. The predicted molar refractivity (Wildman–Crippen MR) is 127 cm³/mol. The average Bonchev–Trinajstić information content (AvgIpc) is 2.65. The van der Waals surface area contributed by atoms with Crippen LogP contribution in [0.5, 0.6) is 5.75 Å². The standard InChI is InChI=1S/C27H38O3/c1-17(11-10-12-18(2)19(3)15-20(4)27(8,9)30)13-14-24-22(6)21(5)23(7)25(16-28)26(24)29/h12-13,15-16,29-30H,4,10-11,14H2,1-3,5-9H3/b17-13+,18-12+,19-15+. The molecule has 0 aliphatic rings. The van der Waals surface area contributed by atoms with E-state index in [0.717, 1.165) is 47.0 Å². The molecule has 0 fully saturated rings. The zero-order valence-electron chi connectivity index (χ0n) is 19.9. The molecule has 0 aromatic heterocycles. The number of hydrogen-bond donors (Lipinski definition) is 2. The maximum atomic E-state index is 11.4. The van der Waals surface area contributed by atoms with Crippen molar-refractivity contribution in [3.8, 4) is 5.75 Å². The maximum absolute atomic E-state index is 11.4. The van der Waals surface area contributed by atoms with E-state index in [1.54, 1.807) is 13.8 Å². The number of aromatic hydroxyl groups is 1. The summed E-state index contributed by atoms with van der Waals surface area (Å²) in [7, 11) is 0. The minimum absolute atomic E-state index is 0.109. The number of rotatable bonds is 9. The Morgan fingerprint density at radius 2 is 1.60 bits per heavy atom. The van der Waals surface area contributed by atoms with Crippen molar-refractivity contribution < 1.29 is 15.0 Å². The van der Waals surface area contributed by atoms with E-state index < -0.39 is 5.60 Å². The van der Waals surface area contributed by atoms with Crippen molar-refractivity contribution in [3.05, 3.63) is 74.9 Å². The molecule has 1 rings (SSSR count). The Morgan fingerprint density at radius 1 is 1.00 bits per heavy atom. The van der Waals surface area contributed by atoms with E-state index in [1.165, 1.54) is 11.1 Å². The van der Waals surface area contributed by atoms with Crippen LogP contribution in [0.2, 0.25) is 0 Å². The minimum Gasteiger partial charge on any atom is -0.507 e. The molecule has 164 valence electrons. The summed E-state index contributed by atoms with van der Waals surface area (Å²) in [5, 5.41) is 20.5. The number of hydrogen-bond acceptors (Lipinski definition) is 3. The molecule has 0 amide bonds. The summed E-state index contributed by atoms with van der Waals surface area (Å²) < 4.78 is 0. The number of aliphatic hydroxyl groups is 1. The van der Waals surface area contributed by atoms with E-state index in [0.29, 0.717) is 17.6 Å². The second-order valence-corrected chi connectivity index (χ2v) is 8.83. The van der Waals surface area contributed by atoms with Crippen LogP contribution in [0.1, 0.15) is 80.1 Å². The fourth-order valence-electron chi connectivity index (χ4n) is 3.23. The van der Waals surface area contributed by atoms with Crippen molar-refractivity contribution >= 4 is 6.29 Å². The number of carbonyl (C=O) groups excluding carboxylic acids is 1. The molecule has 0 aliphatic heterocycles. The van der Waals surface area contributed by atoms with Gasteiger partial charge in [-0.15, -0.1) is 0 Å². The van der Waals surface area contributed by atoms with Gasteiger partial charge in [-0.3, -0.25) is 4.79 Å². The second kappa shape index (κ2) is 10.6. The molecule has 3 nitrogen and oxygen atoms in total. The van der Waals surface area contributed by atoms with Gasteiger partial charge >= 0.3 is 0 Å². The van der Waals surface area contributed by atoms with Crippen LogP contribution in [-0.2, 0) is 6.42 Å². The lowest BCUT2D eigenvalue weighted by atomic mass is 9.91. The largest absolute Gasteiger partial charge is 0.507 e. The van der Waals surface area contributed by atoms with E-state index >= 15 is 0 Å². The van der Waals surface area contributed by atoms with Crippen LogP contribution in [0.15, 0.2) is 47.1 Å². The molecule has 0 saturated heterocycles. The summed E-state index contributed by atoms with van der Waals surface area (Å²) in [5.41, 5.74) is 7.47. The van der Waals surface area contributed by atoms with Crippen molar-refractivity contribution in [1.29, 1.82) is 0 Å². The van der Waals surface area contributed by atoms with Crippen molar-refractivity contribution in [3.63, 3.8) is 0 Å². The highest BCUT2D eigenvalue weighted by Gasteiger charge is 2.16. The molecule has 0 heterocycles. The van der Waals surface area contributed by atoms with E-state index in [2.05, 4.69) is 32.6 Å². The number of phenolic OH excluding ortho intramolecular Hbond substituents is 1. The summed E-state index contributed by atoms with van der Waals surface area (Å²) >= 11 is 0. The second-order valence-electron chi connectivity index (χ2n) is 8.83. The van der Waals surface area contributed by atoms with Crippen molar-refractivity contribution in [2.75, 3.05) is 0 Å². The summed E-state index contributed by atoms with van der Waals surface area (Å²) in [6, 6.07) is 0. The van der Waals surface area contributed by atoms with Gasteiger partial charge in [-0.1, -0.05) is 36.0 Å². The molecule has 3 heteroatoms. The van der Waals surface area contributed by atoms with E-state index in [-0.39, 0.29) is 5.75 Å². The molecule has 0 spiro atoms. The number of aldehydes is 1. The SMILES string of the molecule is C=C(/C=C(C)/C(C)=C/CC/C(C)=C/Cc1c(C)c(C)c(C)c(C=O)c1O)C(C)(C)O. The number of benzene rings is 1. The van der Waals surface area contributed by atoms with Crippen molar-refractivity contribution in [2.45, 2.75) is 80.3 Å². The molecule has 0 radical (unpaired) electrons. The molecule has 0 atom stereocenters. The normalized spacial score (nSPS) is 13.6. The van der Waals surface area contributed by atoms with Crippen LogP contribution >= 0.6 is 0 Å². The quantitative estimate of drug-likeness (QED) is 0.273. The van der Waals surface area contributed by atoms with Crippen LogP contribution < -0.4 is 0 Å². The van der Waals surface area contributed by atoms with Crippen molar-refractivity contribution in [1.82, 2.24) is 0 Å². The Balaban J connectivity index is 2.86. The first-order valence-electron chi connectivity index (χ1n) is 10.5. The van der Waals surface area contributed by atoms with Crippen LogP contribution in [0, 0.1) is 20.8 Å². The highest BCUT2D eigenvalue weighted by atomic mass is 16.3. The lowest BCUT2D eigenvalue weighted by Crippen LogP contribution is -2.20. The van der Waals surface area contributed by atoms with E-state index in [1.807, 2.05) is 33.8 Å². The first-order chi connectivity index (χ1) is 13.8. The van der Waals surface area contributed by atoms with E-state index in [9.17, 15) is 15.0 Å². The van der Waals surface area contributed by atoms with Gasteiger partial charge in [0.05, 0.1) is 11.2 Å². The fourth-order valence-corrected chi connectivity index (χ4v) is 3.23. The number of phenols is 1. The zero-order chi connectivity index (χ0) is 23.2. The Morgan fingerprint density at radius 3 is 2.13 bits per heavy atom. The van der Waals surface area contributed by atoms with Crippen LogP contribution in [0.25, 0.3) is 0 Å². The molecule has 2 N–H and O–H groups in total. The summed E-state index contributed by atoms with van der Waals surface area (Å²) in [4.78, 5) is 11.4. The summed E-state index contributed by atoms with van der Waals surface area (Å²) in [6.07, 6.45) is 9.45. The fraction of sp³-hybridized carbons (Fsp3) is 0.444. The topological polar surface area (TPSA) is 57.5 Å². The predicted octanol–water partition coefficient (Wildman–Crippen LogP) is 6.62. The lowest BCUT2D eigenvalue weighted by Gasteiger charge is -2.18. The zero-order valence-corrected chi connectivity index (χ0v) is 19.9. The van der Waals surface area contributed by atoms with Crippen LogP contribution in [-0.4, -0.2) is 22.1 Å². The van der Waals surface area contributed by atoms with Crippen LogP contribution in [0.4, 0.5) is 0 Å². The third kappa shape index (κ3) is 6.56. The average molecular weight is 411 g/mol. The number of carbonyl (C=O) groups is 1. The highest BCUT2D eigenvalue weighted by Crippen LogP contribution is 2.32. The highest BCUT2D eigenvalue weighted by molar-refractivity contribution is 5.83. The molecule has 0 saturated carbocycles. The first-order valence-corrected chi connectivity index (χ1v) is 10.5. The van der Waals surface area contributed by atoms with Gasteiger partial charge in [0.1, 0.15) is 5.75 Å². The van der Waals surface area contributed by atoms with Gasteiger partial charge in [0, 0.05) is 5.56 Å². The monoisotopic (exact) mass is 410 g/mol. The van der Waals surface area contributed by atoms with Gasteiger partial charge in [-0.25, -0.2) is 0 Å². The van der Waals surface area contributed by atoms with Gasteiger partial charge in [0.2, 0.25) is 0 Å². The molecule has 30 heavy (non-hydrogen) atoms. The Bertz CT molecular complexity index is 903. The molecule has 0 unspecified atom stereocenters. The van der Waals surface area contributed by atoms with E-state index in [4.69, 9.17) is 0 Å². The van der Waals surface area contributed by atoms with Crippen molar-refractivity contribution in [2.24, 2.45) is 0 Å². The molecular formula is C27H38O3. The van der Waals surface area contributed by atoms with Crippen LogP contribution in [0.3, 0.4) is 0 Å². The number of allylic oxidation sites excluding steroid dienone is 5. The summed E-state index contributed by atoms with van der Waals surface area (Å²) in [5.74, 6) is 0.109. The van der Waals surface area contributed by atoms with Gasteiger partial charge < -0.3 is 10.2 Å². The Hall–Kier alpha value is -2.39. The lowest BCUT2D eigenvalue weighted by molar-refractivity contribution is 0.111. The summed E-state index contributed by atoms with van der Waals surface area (Å²) in [6.45, 7) is 19.5. The first kappa shape index (κ1) is 25.6. The maximum Gasteiger partial charge on any atom is 0.154 e. The molecule has 0 bridgehead atoms. The van der Waals surface area contributed by atoms with Gasteiger partial charge in [-0.05, 0) is 102 Å². The molecule has 1 aromatic rings. The molecule has 0 aliphatic carbocycles. The van der Waals surface area contributed by atoms with Gasteiger partial charge in [-0.2, -0.15) is 0 Å². The molecular weight excluding hydrogens is 372 g/mol. The Labute approximate surface area is 182 Å². The van der Waals surface area contributed by atoms with Gasteiger partial charge in [0.25, 0.3) is 0 Å². The minimum atomic E-state index is -0.914. The van der Waals surface area contributed by atoms with Gasteiger partial charge in [0.15, 0.2) is 6.29 Å².